The van der Waals surface area contributed by atoms with Gasteiger partial charge in [0, 0.05) is 25.7 Å². The molecule has 1 heterocycles. The maximum atomic E-state index is 11.7. The third kappa shape index (κ3) is 2.87. The molecule has 0 aromatic carbocycles. The van der Waals surface area contributed by atoms with Crippen LogP contribution in [-0.4, -0.2) is 36.6 Å². The Hall–Kier alpha value is -0.770. The highest BCUT2D eigenvalue weighted by Crippen LogP contribution is 2.15. The van der Waals surface area contributed by atoms with Crippen LogP contribution >= 0.6 is 0 Å². The Morgan fingerprint density at radius 1 is 1.57 bits per heavy atom. The van der Waals surface area contributed by atoms with Gasteiger partial charge in [-0.05, 0) is 25.7 Å². The van der Waals surface area contributed by atoms with Gasteiger partial charge in [0.25, 0.3) is 0 Å². The number of nitrogens with two attached hydrogens (primary N) is 1. The lowest BCUT2D eigenvalue weighted by Gasteiger charge is -2.34. The Balaban J connectivity index is 2.41. The summed E-state index contributed by atoms with van der Waals surface area (Å²) < 4.78 is 0. The third-order valence-corrected chi connectivity index (χ3v) is 2.69. The van der Waals surface area contributed by atoms with Crippen molar-refractivity contribution in [1.82, 2.24) is 10.2 Å². The van der Waals surface area contributed by atoms with Crippen LogP contribution in [0.1, 0.15) is 32.6 Å². The zero-order valence-electron chi connectivity index (χ0n) is 8.96. The number of rotatable bonds is 3. The van der Waals surface area contributed by atoms with Crippen molar-refractivity contribution in [3.63, 3.8) is 0 Å². The van der Waals surface area contributed by atoms with E-state index >= 15 is 0 Å². The largest absolute Gasteiger partial charge is 0.338 e. The van der Waals surface area contributed by atoms with Crippen LogP contribution in [-0.2, 0) is 0 Å². The van der Waals surface area contributed by atoms with Gasteiger partial charge in [0.1, 0.15) is 0 Å². The minimum absolute atomic E-state index is 0.0574. The number of piperidine rings is 1. The van der Waals surface area contributed by atoms with Crippen LogP contribution in [0.3, 0.4) is 0 Å². The molecule has 1 atom stereocenters. The molecule has 14 heavy (non-hydrogen) atoms. The summed E-state index contributed by atoms with van der Waals surface area (Å²) in [5.74, 6) is 0. The average Bonchev–Trinajstić information content (AvgIpc) is 2.25. The summed E-state index contributed by atoms with van der Waals surface area (Å²) in [5, 5.41) is 2.90. The van der Waals surface area contributed by atoms with Crippen LogP contribution in [0.4, 0.5) is 4.79 Å². The first-order valence-electron chi connectivity index (χ1n) is 5.54. The standard InChI is InChI=1S/C10H21N3O/c1-2-6-12-10(14)13-7-4-3-5-9(13)8-11/h9H,2-8,11H2,1H3,(H,12,14). The first-order chi connectivity index (χ1) is 6.79. The number of urea groups is 1. The van der Waals surface area contributed by atoms with Gasteiger partial charge >= 0.3 is 6.03 Å². The molecule has 0 saturated carbocycles. The molecule has 1 unspecified atom stereocenters. The molecule has 0 aromatic rings. The number of carbonyl (C=O) groups is 1. The maximum absolute atomic E-state index is 11.7. The molecular weight excluding hydrogens is 178 g/mol. The van der Waals surface area contributed by atoms with Gasteiger partial charge < -0.3 is 16.0 Å². The first-order valence-corrected chi connectivity index (χ1v) is 5.54. The normalized spacial score (nSPS) is 22.1. The molecule has 1 fully saturated rings. The molecule has 1 rings (SSSR count). The lowest BCUT2D eigenvalue weighted by atomic mass is 10.0. The Labute approximate surface area is 85.8 Å². The van der Waals surface area contributed by atoms with Crippen molar-refractivity contribution < 1.29 is 4.79 Å². The summed E-state index contributed by atoms with van der Waals surface area (Å²) in [7, 11) is 0. The van der Waals surface area contributed by atoms with Gasteiger partial charge in [0.05, 0.1) is 0 Å². The van der Waals surface area contributed by atoms with Gasteiger partial charge in [0.15, 0.2) is 0 Å². The SMILES string of the molecule is CCCNC(=O)N1CCCCC1CN. The van der Waals surface area contributed by atoms with Gasteiger partial charge in [-0.2, -0.15) is 0 Å². The minimum Gasteiger partial charge on any atom is -0.338 e. The van der Waals surface area contributed by atoms with Gasteiger partial charge in [0.2, 0.25) is 0 Å². The van der Waals surface area contributed by atoms with E-state index in [0.717, 1.165) is 32.4 Å². The lowest BCUT2D eigenvalue weighted by molar-refractivity contribution is 0.154. The number of nitrogens with one attached hydrogen (secondary N) is 1. The number of likely N-dealkylation sites (tertiary alicyclic amines) is 1. The summed E-state index contributed by atoms with van der Waals surface area (Å²) in [4.78, 5) is 13.6. The van der Waals surface area contributed by atoms with Gasteiger partial charge in [-0.3, -0.25) is 0 Å². The van der Waals surface area contributed by atoms with Crippen LogP contribution in [0.15, 0.2) is 0 Å². The van der Waals surface area contributed by atoms with Gasteiger partial charge in [-0.1, -0.05) is 6.92 Å². The fraction of sp³-hybridized carbons (Fsp3) is 0.900. The highest BCUT2D eigenvalue weighted by Gasteiger charge is 2.24. The molecule has 2 amide bonds. The topological polar surface area (TPSA) is 58.4 Å². The van der Waals surface area contributed by atoms with Gasteiger partial charge in [-0.25, -0.2) is 4.79 Å². The van der Waals surface area contributed by atoms with E-state index in [-0.39, 0.29) is 12.1 Å². The van der Waals surface area contributed by atoms with Crippen molar-refractivity contribution in [3.8, 4) is 0 Å². The Bertz CT molecular complexity index is 184. The van der Waals surface area contributed by atoms with Crippen LogP contribution in [0.5, 0.6) is 0 Å². The zero-order valence-corrected chi connectivity index (χ0v) is 8.96. The van der Waals surface area contributed by atoms with Crippen LogP contribution in [0, 0.1) is 0 Å². The van der Waals surface area contributed by atoms with E-state index in [1.54, 1.807) is 0 Å². The highest BCUT2D eigenvalue weighted by molar-refractivity contribution is 5.74. The van der Waals surface area contributed by atoms with Crippen LogP contribution < -0.4 is 11.1 Å². The van der Waals surface area contributed by atoms with Crippen molar-refractivity contribution in [2.24, 2.45) is 5.73 Å². The van der Waals surface area contributed by atoms with E-state index in [1.807, 2.05) is 4.90 Å². The first kappa shape index (κ1) is 11.3. The second-order valence-electron chi connectivity index (χ2n) is 3.81. The number of amides is 2. The molecule has 1 aliphatic rings. The molecule has 3 N–H and O–H groups in total. The van der Waals surface area contributed by atoms with Crippen molar-refractivity contribution in [2.45, 2.75) is 38.6 Å². The predicted octanol–water partition coefficient (Wildman–Crippen LogP) is 0.919. The second kappa shape index (κ2) is 5.86. The number of nitrogens with zero attached hydrogens (tertiary/aromatic N) is 1. The summed E-state index contributed by atoms with van der Waals surface area (Å²) in [6, 6.07) is 0.308. The molecule has 0 aliphatic carbocycles. The summed E-state index contributed by atoms with van der Waals surface area (Å²) >= 11 is 0. The molecule has 82 valence electrons. The molecule has 0 aromatic heterocycles. The van der Waals surface area contributed by atoms with Crippen molar-refractivity contribution in [2.75, 3.05) is 19.6 Å². The zero-order chi connectivity index (χ0) is 10.4. The van der Waals surface area contributed by atoms with E-state index in [1.165, 1.54) is 6.42 Å². The Kier molecular flexibility index (Phi) is 4.73. The quantitative estimate of drug-likeness (QED) is 0.710. The molecule has 4 heteroatoms. The van der Waals surface area contributed by atoms with E-state index in [9.17, 15) is 4.79 Å². The fourth-order valence-electron chi connectivity index (χ4n) is 1.85. The van der Waals surface area contributed by atoms with Crippen LogP contribution in [0.25, 0.3) is 0 Å². The summed E-state index contributed by atoms with van der Waals surface area (Å²) in [5.41, 5.74) is 5.64. The van der Waals surface area contributed by atoms with E-state index < -0.39 is 0 Å². The van der Waals surface area contributed by atoms with E-state index in [2.05, 4.69) is 12.2 Å². The van der Waals surface area contributed by atoms with Crippen molar-refractivity contribution in [3.05, 3.63) is 0 Å². The molecular formula is C10H21N3O. The fourth-order valence-corrected chi connectivity index (χ4v) is 1.85. The minimum atomic E-state index is 0.0574. The van der Waals surface area contributed by atoms with E-state index in [4.69, 9.17) is 5.73 Å². The smallest absolute Gasteiger partial charge is 0.317 e. The van der Waals surface area contributed by atoms with E-state index in [0.29, 0.717) is 6.54 Å². The second-order valence-corrected chi connectivity index (χ2v) is 3.81. The Morgan fingerprint density at radius 3 is 3.00 bits per heavy atom. The summed E-state index contributed by atoms with van der Waals surface area (Å²) in [6.07, 6.45) is 4.33. The monoisotopic (exact) mass is 199 g/mol. The van der Waals surface area contributed by atoms with Crippen LogP contribution in [0.2, 0.25) is 0 Å². The molecule has 0 radical (unpaired) electrons. The third-order valence-electron chi connectivity index (χ3n) is 2.69. The van der Waals surface area contributed by atoms with Crippen molar-refractivity contribution in [1.29, 1.82) is 0 Å². The number of hydrogen-bond acceptors (Lipinski definition) is 2. The number of carbonyl (C=O) groups excluding carboxylic acids is 1. The molecule has 0 spiro atoms. The highest BCUT2D eigenvalue weighted by atomic mass is 16.2. The lowest BCUT2D eigenvalue weighted by Crippen LogP contribution is -2.51. The average molecular weight is 199 g/mol. The summed E-state index contributed by atoms with van der Waals surface area (Å²) in [6.45, 7) is 4.25. The maximum Gasteiger partial charge on any atom is 0.317 e. The molecule has 0 bridgehead atoms. The molecule has 1 saturated heterocycles. The van der Waals surface area contributed by atoms with Crippen molar-refractivity contribution >= 4 is 6.03 Å². The number of hydrogen-bond donors (Lipinski definition) is 2. The van der Waals surface area contributed by atoms with Gasteiger partial charge in [-0.15, -0.1) is 0 Å². The molecule has 1 aliphatic heterocycles. The Morgan fingerprint density at radius 2 is 2.36 bits per heavy atom. The molecule has 4 nitrogen and oxygen atoms in total. The predicted molar refractivity (Wildman–Crippen MR) is 57.1 cm³/mol.